The summed E-state index contributed by atoms with van der Waals surface area (Å²) in [5.74, 6) is 1.04. The number of nitrogens with one attached hydrogen (secondary N) is 1. The lowest BCUT2D eigenvalue weighted by Crippen LogP contribution is -2.36. The monoisotopic (exact) mass is 366 g/mol. The Labute approximate surface area is 163 Å². The van der Waals surface area contributed by atoms with Crippen LogP contribution in [0.15, 0.2) is 30.5 Å². The van der Waals surface area contributed by atoms with Crippen molar-refractivity contribution in [3.05, 3.63) is 36.0 Å². The number of hydrogen-bond acceptors (Lipinski definition) is 1. The standard InChI is InChI=1S/C24H34N2O/c27-24(25-21-11-5-2-6-12-21)16-15-20-18-26(17-19-9-3-1-4-10-19)23-14-8-7-13-22(20)23/h7-8,13-14,18-19,21H,1-6,9-12,15-17H2,(H,25,27). The zero-order chi connectivity index (χ0) is 18.5. The molecular formula is C24H34N2O. The van der Waals surface area contributed by atoms with Crippen molar-refractivity contribution < 1.29 is 4.79 Å². The Bertz CT molecular complexity index is 751. The third-order valence-electron chi connectivity index (χ3n) is 6.64. The number of amides is 1. The van der Waals surface area contributed by atoms with Crippen LogP contribution in [0.4, 0.5) is 0 Å². The van der Waals surface area contributed by atoms with E-state index in [1.54, 1.807) is 0 Å². The van der Waals surface area contributed by atoms with Gasteiger partial charge in [0.05, 0.1) is 0 Å². The summed E-state index contributed by atoms with van der Waals surface area (Å²) in [7, 11) is 0. The van der Waals surface area contributed by atoms with Gasteiger partial charge in [-0.15, -0.1) is 0 Å². The molecule has 0 spiro atoms. The summed E-state index contributed by atoms with van der Waals surface area (Å²) >= 11 is 0. The molecule has 3 nitrogen and oxygen atoms in total. The van der Waals surface area contributed by atoms with Gasteiger partial charge in [-0.25, -0.2) is 0 Å². The molecule has 146 valence electrons. The van der Waals surface area contributed by atoms with Gasteiger partial charge >= 0.3 is 0 Å². The van der Waals surface area contributed by atoms with E-state index in [4.69, 9.17) is 0 Å². The lowest BCUT2D eigenvalue weighted by atomic mass is 9.89. The molecule has 0 saturated heterocycles. The van der Waals surface area contributed by atoms with Crippen LogP contribution in [0, 0.1) is 5.92 Å². The number of aromatic nitrogens is 1. The molecule has 0 atom stereocenters. The SMILES string of the molecule is O=C(CCc1cn(CC2CCCCC2)c2ccccc12)NC1CCCCC1. The Morgan fingerprint density at radius 2 is 1.67 bits per heavy atom. The summed E-state index contributed by atoms with van der Waals surface area (Å²) in [6.07, 6.45) is 16.9. The highest BCUT2D eigenvalue weighted by Gasteiger charge is 2.18. The van der Waals surface area contributed by atoms with Gasteiger partial charge in [0.1, 0.15) is 0 Å². The van der Waals surface area contributed by atoms with Crippen molar-refractivity contribution in [1.82, 2.24) is 9.88 Å². The van der Waals surface area contributed by atoms with Crippen LogP contribution < -0.4 is 5.32 Å². The van der Waals surface area contributed by atoms with Gasteiger partial charge in [0.15, 0.2) is 0 Å². The second kappa shape index (κ2) is 8.95. The molecule has 27 heavy (non-hydrogen) atoms. The number of para-hydroxylation sites is 1. The largest absolute Gasteiger partial charge is 0.353 e. The minimum absolute atomic E-state index is 0.228. The topological polar surface area (TPSA) is 34.0 Å². The molecule has 0 bridgehead atoms. The van der Waals surface area contributed by atoms with Gasteiger partial charge in [-0.05, 0) is 49.7 Å². The Balaban J connectivity index is 1.41. The lowest BCUT2D eigenvalue weighted by Gasteiger charge is -2.22. The molecule has 2 aliphatic carbocycles. The highest BCUT2D eigenvalue weighted by Crippen LogP contribution is 2.29. The second-order valence-corrected chi connectivity index (χ2v) is 8.73. The fourth-order valence-electron chi connectivity index (χ4n) is 5.12. The number of hydrogen-bond donors (Lipinski definition) is 1. The van der Waals surface area contributed by atoms with Gasteiger partial charge in [0.25, 0.3) is 0 Å². The van der Waals surface area contributed by atoms with Crippen molar-refractivity contribution in [3.8, 4) is 0 Å². The minimum Gasteiger partial charge on any atom is -0.353 e. The van der Waals surface area contributed by atoms with E-state index in [1.165, 1.54) is 67.8 Å². The maximum Gasteiger partial charge on any atom is 0.220 e. The van der Waals surface area contributed by atoms with E-state index in [2.05, 4.69) is 40.3 Å². The van der Waals surface area contributed by atoms with Crippen molar-refractivity contribution in [2.45, 2.75) is 89.6 Å². The molecule has 1 aromatic heterocycles. The predicted octanol–water partition coefficient (Wildman–Crippen LogP) is 5.60. The van der Waals surface area contributed by atoms with Crippen LogP contribution in [0.1, 0.15) is 76.2 Å². The van der Waals surface area contributed by atoms with Crippen LogP contribution >= 0.6 is 0 Å². The van der Waals surface area contributed by atoms with Gasteiger partial charge in [0.2, 0.25) is 5.91 Å². The highest BCUT2D eigenvalue weighted by molar-refractivity contribution is 5.85. The molecular weight excluding hydrogens is 332 g/mol. The first kappa shape index (κ1) is 18.6. The highest BCUT2D eigenvalue weighted by atomic mass is 16.1. The van der Waals surface area contributed by atoms with Crippen LogP contribution in [0.5, 0.6) is 0 Å². The van der Waals surface area contributed by atoms with Gasteiger partial charge in [0, 0.05) is 36.1 Å². The smallest absolute Gasteiger partial charge is 0.220 e. The van der Waals surface area contributed by atoms with E-state index in [-0.39, 0.29) is 5.91 Å². The maximum absolute atomic E-state index is 12.4. The van der Waals surface area contributed by atoms with E-state index in [0.717, 1.165) is 31.7 Å². The number of rotatable bonds is 6. The lowest BCUT2D eigenvalue weighted by molar-refractivity contribution is -0.121. The van der Waals surface area contributed by atoms with Crippen LogP contribution in [0.3, 0.4) is 0 Å². The Morgan fingerprint density at radius 1 is 0.963 bits per heavy atom. The summed E-state index contributed by atoms with van der Waals surface area (Å²) in [6.45, 7) is 1.13. The van der Waals surface area contributed by atoms with E-state index in [9.17, 15) is 4.79 Å². The first-order valence-electron chi connectivity index (χ1n) is 11.2. The fraction of sp³-hybridized carbons (Fsp3) is 0.625. The van der Waals surface area contributed by atoms with E-state index in [0.29, 0.717) is 12.5 Å². The van der Waals surface area contributed by atoms with Crippen LogP contribution in [0.2, 0.25) is 0 Å². The number of aryl methyl sites for hydroxylation is 1. The number of nitrogens with zero attached hydrogens (tertiary/aromatic N) is 1. The molecule has 1 N–H and O–H groups in total. The van der Waals surface area contributed by atoms with Crippen LogP contribution in [-0.4, -0.2) is 16.5 Å². The van der Waals surface area contributed by atoms with E-state index < -0.39 is 0 Å². The van der Waals surface area contributed by atoms with Crippen molar-refractivity contribution >= 4 is 16.8 Å². The summed E-state index contributed by atoms with van der Waals surface area (Å²) in [4.78, 5) is 12.4. The maximum atomic E-state index is 12.4. The average Bonchev–Trinajstić information content (AvgIpc) is 3.06. The first-order valence-corrected chi connectivity index (χ1v) is 11.2. The molecule has 1 heterocycles. The second-order valence-electron chi connectivity index (χ2n) is 8.73. The number of benzene rings is 1. The Kier molecular flexibility index (Phi) is 6.16. The molecule has 2 aromatic rings. The quantitative estimate of drug-likeness (QED) is 0.709. The molecule has 2 saturated carbocycles. The van der Waals surface area contributed by atoms with Gasteiger partial charge in [-0.1, -0.05) is 56.7 Å². The molecule has 4 rings (SSSR count). The van der Waals surface area contributed by atoms with Gasteiger partial charge in [-0.3, -0.25) is 4.79 Å². The van der Waals surface area contributed by atoms with E-state index in [1.807, 2.05) is 0 Å². The molecule has 1 amide bonds. The third-order valence-corrected chi connectivity index (χ3v) is 6.64. The summed E-state index contributed by atoms with van der Waals surface area (Å²) < 4.78 is 2.46. The minimum atomic E-state index is 0.228. The van der Waals surface area contributed by atoms with E-state index >= 15 is 0 Å². The number of carbonyl (C=O) groups excluding carboxylic acids is 1. The zero-order valence-electron chi connectivity index (χ0n) is 16.6. The molecule has 0 aliphatic heterocycles. The molecule has 2 fully saturated rings. The molecule has 0 unspecified atom stereocenters. The summed E-state index contributed by atoms with van der Waals surface area (Å²) in [5.41, 5.74) is 2.67. The molecule has 2 aliphatic rings. The van der Waals surface area contributed by atoms with Gasteiger partial charge < -0.3 is 9.88 Å². The first-order chi connectivity index (χ1) is 13.3. The molecule has 0 radical (unpaired) electrons. The van der Waals surface area contributed by atoms with Gasteiger partial charge in [-0.2, -0.15) is 0 Å². The van der Waals surface area contributed by atoms with Crippen molar-refractivity contribution in [2.75, 3.05) is 0 Å². The van der Waals surface area contributed by atoms with Crippen molar-refractivity contribution in [3.63, 3.8) is 0 Å². The molecule has 3 heteroatoms. The summed E-state index contributed by atoms with van der Waals surface area (Å²) in [6, 6.07) is 9.14. The van der Waals surface area contributed by atoms with Crippen molar-refractivity contribution in [1.29, 1.82) is 0 Å². The van der Waals surface area contributed by atoms with Crippen LogP contribution in [0.25, 0.3) is 10.9 Å². The summed E-state index contributed by atoms with van der Waals surface area (Å²) in [5, 5.41) is 4.60. The Morgan fingerprint density at radius 3 is 2.44 bits per heavy atom. The normalized spacial score (nSPS) is 19.4. The molecule has 1 aromatic carbocycles. The predicted molar refractivity (Wildman–Crippen MR) is 112 cm³/mol. The zero-order valence-corrected chi connectivity index (χ0v) is 16.6. The number of carbonyl (C=O) groups is 1. The Hall–Kier alpha value is -1.77. The number of fused-ring (bicyclic) bond motifs is 1. The van der Waals surface area contributed by atoms with Crippen LogP contribution in [-0.2, 0) is 17.8 Å². The van der Waals surface area contributed by atoms with Crippen molar-refractivity contribution in [2.24, 2.45) is 5.92 Å². The third kappa shape index (κ3) is 4.75. The fourth-order valence-corrected chi connectivity index (χ4v) is 5.12. The average molecular weight is 367 g/mol.